The number of ether oxygens (including phenoxy) is 1. The number of nitrogens with two attached hydrogens (primary N) is 3. The number of hydrogen-bond acceptors (Lipinski definition) is 8. The van der Waals surface area contributed by atoms with E-state index < -0.39 is 17.4 Å². The Balaban J connectivity index is 1.39. The van der Waals surface area contributed by atoms with Gasteiger partial charge in [0.2, 0.25) is 5.91 Å². The fourth-order valence-electron chi connectivity index (χ4n) is 6.03. The van der Waals surface area contributed by atoms with Crippen molar-refractivity contribution in [2.24, 2.45) is 11.5 Å². The van der Waals surface area contributed by atoms with E-state index >= 15 is 0 Å². The van der Waals surface area contributed by atoms with Crippen LogP contribution in [0.15, 0.2) is 60.7 Å². The Labute approximate surface area is 251 Å². The third kappa shape index (κ3) is 4.51. The summed E-state index contributed by atoms with van der Waals surface area (Å²) in [4.78, 5) is 41.7. The Morgan fingerprint density at radius 1 is 1.12 bits per heavy atom. The molecular formula is C31H30ClN5O4S. The summed E-state index contributed by atoms with van der Waals surface area (Å²) in [6, 6.07) is 16.9. The van der Waals surface area contributed by atoms with Crippen molar-refractivity contribution in [3.05, 3.63) is 87.8 Å². The Bertz CT molecular complexity index is 1740. The molecule has 7 N–H and O–H groups in total. The predicted molar refractivity (Wildman–Crippen MR) is 164 cm³/mol. The van der Waals surface area contributed by atoms with Crippen molar-refractivity contribution in [1.29, 1.82) is 0 Å². The number of nitrogens with zero attached hydrogens (tertiary/aromatic N) is 1. The molecule has 1 saturated heterocycles. The van der Waals surface area contributed by atoms with Gasteiger partial charge < -0.3 is 32.2 Å². The highest BCUT2D eigenvalue weighted by atomic mass is 35.5. The van der Waals surface area contributed by atoms with Crippen LogP contribution in [-0.2, 0) is 15.1 Å². The van der Waals surface area contributed by atoms with Crippen LogP contribution in [0, 0.1) is 6.92 Å². The lowest BCUT2D eigenvalue weighted by Gasteiger charge is -2.37. The van der Waals surface area contributed by atoms with Crippen LogP contribution in [0.4, 0.5) is 5.69 Å². The number of Topliss-reactive ketones (excluding diaryl/α,β-unsaturated/α-hetero) is 1. The van der Waals surface area contributed by atoms with Crippen LogP contribution in [0.3, 0.4) is 0 Å². The summed E-state index contributed by atoms with van der Waals surface area (Å²) in [5.74, 6) is 0.219. The molecule has 3 aromatic carbocycles. The van der Waals surface area contributed by atoms with Gasteiger partial charge in [0.1, 0.15) is 22.9 Å². The molecule has 1 fully saturated rings. The second-order valence-electron chi connectivity index (χ2n) is 10.7. The zero-order chi connectivity index (χ0) is 29.8. The van der Waals surface area contributed by atoms with Crippen LogP contribution in [-0.4, -0.2) is 47.5 Å². The number of carbonyl (C=O) groups excluding carboxylic acids is 3. The molecule has 0 saturated carbocycles. The van der Waals surface area contributed by atoms with E-state index in [4.69, 9.17) is 33.5 Å². The average Bonchev–Trinajstić information content (AvgIpc) is 3.62. The van der Waals surface area contributed by atoms with Gasteiger partial charge in [-0.25, -0.2) is 0 Å². The van der Waals surface area contributed by atoms with Crippen molar-refractivity contribution < 1.29 is 19.1 Å². The molecule has 0 spiro atoms. The summed E-state index contributed by atoms with van der Waals surface area (Å²) in [6.45, 7) is 2.75. The average molecular weight is 604 g/mol. The molecule has 1 aliphatic carbocycles. The minimum Gasteiger partial charge on any atom is -0.457 e. The number of amides is 2. The number of likely N-dealkylation sites (tertiary alicyclic amines) is 1. The number of para-hydroxylation sites is 1. The zero-order valence-corrected chi connectivity index (χ0v) is 24.4. The van der Waals surface area contributed by atoms with Gasteiger partial charge in [-0.15, -0.1) is 22.9 Å². The minimum absolute atomic E-state index is 0.108. The molecule has 11 heteroatoms. The summed E-state index contributed by atoms with van der Waals surface area (Å²) in [5.41, 5.74) is 21.3. The Kier molecular flexibility index (Phi) is 7.18. The second kappa shape index (κ2) is 10.7. The maximum absolute atomic E-state index is 14.1. The van der Waals surface area contributed by atoms with E-state index in [0.717, 1.165) is 5.56 Å². The molecule has 216 valence electrons. The summed E-state index contributed by atoms with van der Waals surface area (Å²) in [7, 11) is 0. The molecule has 0 radical (unpaired) electrons. The number of nitrogens with one attached hydrogen (secondary N) is 1. The molecular weight excluding hydrogens is 574 g/mol. The summed E-state index contributed by atoms with van der Waals surface area (Å²) in [6.07, 6.45) is 0.599. The number of nitrogen functional groups attached to an aromatic ring is 1. The van der Waals surface area contributed by atoms with Gasteiger partial charge in [-0.1, -0.05) is 30.3 Å². The fraction of sp³-hybridized carbons (Fsp3) is 0.258. The highest BCUT2D eigenvalue weighted by molar-refractivity contribution is 7.21. The van der Waals surface area contributed by atoms with E-state index in [1.165, 1.54) is 11.3 Å². The van der Waals surface area contributed by atoms with Crippen molar-refractivity contribution >= 4 is 56.3 Å². The number of halogens is 1. The van der Waals surface area contributed by atoms with Gasteiger partial charge in [-0.3, -0.25) is 14.4 Å². The quantitative estimate of drug-likeness (QED) is 0.192. The summed E-state index contributed by atoms with van der Waals surface area (Å²) in [5, 5.41) is 3.64. The molecule has 1 aromatic heterocycles. The number of thiophene rings is 1. The maximum Gasteiger partial charge on any atom is 0.262 e. The van der Waals surface area contributed by atoms with Gasteiger partial charge in [0, 0.05) is 35.8 Å². The largest absolute Gasteiger partial charge is 0.457 e. The van der Waals surface area contributed by atoms with E-state index in [1.54, 1.807) is 29.2 Å². The SMILES string of the molecule is Cc1cc(Oc2ccccc2)ccc1C1(N)C(=O)C(N)c2c(C(=O)NC3CCN(C(=O)CCl)C3)sc3c(N)ccc1c23. The van der Waals surface area contributed by atoms with Gasteiger partial charge in [0.05, 0.1) is 15.6 Å². The monoisotopic (exact) mass is 603 g/mol. The van der Waals surface area contributed by atoms with E-state index in [9.17, 15) is 14.4 Å². The number of anilines is 1. The molecule has 2 heterocycles. The smallest absolute Gasteiger partial charge is 0.262 e. The number of rotatable bonds is 6. The number of ketones is 1. The molecule has 42 heavy (non-hydrogen) atoms. The Hall–Kier alpha value is -3.96. The molecule has 4 aromatic rings. The highest BCUT2D eigenvalue weighted by Crippen LogP contribution is 2.50. The Morgan fingerprint density at radius 3 is 2.57 bits per heavy atom. The number of aryl methyl sites for hydroxylation is 1. The van der Waals surface area contributed by atoms with E-state index in [2.05, 4.69) is 5.32 Å². The van der Waals surface area contributed by atoms with E-state index in [0.29, 0.717) is 68.4 Å². The minimum atomic E-state index is -1.57. The second-order valence-corrected chi connectivity index (χ2v) is 12.0. The lowest BCUT2D eigenvalue weighted by atomic mass is 9.69. The number of carbonyl (C=O) groups is 3. The van der Waals surface area contributed by atoms with Crippen molar-refractivity contribution in [1.82, 2.24) is 10.2 Å². The topological polar surface area (TPSA) is 154 Å². The number of benzene rings is 3. The van der Waals surface area contributed by atoms with Gasteiger partial charge in [-0.2, -0.15) is 0 Å². The normalized spacial score (nSPS) is 21.5. The molecule has 1 aliphatic heterocycles. The first-order valence-corrected chi connectivity index (χ1v) is 14.9. The number of alkyl halides is 1. The van der Waals surface area contributed by atoms with Crippen LogP contribution in [0.5, 0.6) is 11.5 Å². The number of hydrogen-bond donors (Lipinski definition) is 4. The van der Waals surface area contributed by atoms with Crippen molar-refractivity contribution in [2.45, 2.75) is 31.0 Å². The summed E-state index contributed by atoms with van der Waals surface area (Å²) >= 11 is 6.89. The highest BCUT2D eigenvalue weighted by Gasteiger charge is 2.49. The van der Waals surface area contributed by atoms with Crippen molar-refractivity contribution in [3.8, 4) is 11.5 Å². The molecule has 0 bridgehead atoms. The molecule has 3 unspecified atom stereocenters. The lowest BCUT2D eigenvalue weighted by molar-refractivity contribution is -0.127. The molecule has 3 atom stereocenters. The third-order valence-corrected chi connectivity index (χ3v) is 9.59. The van der Waals surface area contributed by atoms with E-state index in [1.807, 2.05) is 43.3 Å². The van der Waals surface area contributed by atoms with Crippen LogP contribution in [0.25, 0.3) is 10.1 Å². The van der Waals surface area contributed by atoms with E-state index in [-0.39, 0.29) is 23.7 Å². The van der Waals surface area contributed by atoms with Crippen molar-refractivity contribution in [3.63, 3.8) is 0 Å². The van der Waals surface area contributed by atoms with Crippen LogP contribution in [0.2, 0.25) is 0 Å². The van der Waals surface area contributed by atoms with Gasteiger partial charge in [0.25, 0.3) is 5.91 Å². The first kappa shape index (κ1) is 28.2. The first-order valence-electron chi connectivity index (χ1n) is 13.6. The molecule has 2 amide bonds. The maximum atomic E-state index is 14.1. The first-order chi connectivity index (χ1) is 20.1. The lowest BCUT2D eigenvalue weighted by Crippen LogP contribution is -2.53. The fourth-order valence-corrected chi connectivity index (χ4v) is 7.41. The molecule has 2 aliphatic rings. The van der Waals surface area contributed by atoms with Crippen LogP contribution < -0.4 is 27.3 Å². The molecule has 6 rings (SSSR count). The van der Waals surface area contributed by atoms with Crippen molar-refractivity contribution in [2.75, 3.05) is 24.7 Å². The predicted octanol–water partition coefficient (Wildman–Crippen LogP) is 3.94. The molecule has 9 nitrogen and oxygen atoms in total. The van der Waals surface area contributed by atoms with Crippen LogP contribution >= 0.6 is 22.9 Å². The van der Waals surface area contributed by atoms with Crippen LogP contribution in [0.1, 0.15) is 44.4 Å². The standard InChI is InChI=1S/C31H30ClN5O4S/c1-16-13-19(41-18-5-3-2-4-6-18)7-8-20(16)31(35)21-9-10-22(33)27-24(21)25(26(34)29(31)39)28(42-27)30(40)36-17-11-12-37(15-17)23(38)14-32/h2-10,13,17,26H,11-12,14-15,33-35H2,1H3,(H,36,40). The Morgan fingerprint density at radius 2 is 1.86 bits per heavy atom. The van der Waals surface area contributed by atoms with Gasteiger partial charge in [-0.05, 0) is 60.4 Å². The van der Waals surface area contributed by atoms with Gasteiger partial charge in [0.15, 0.2) is 5.78 Å². The summed E-state index contributed by atoms with van der Waals surface area (Å²) < 4.78 is 6.63. The zero-order valence-electron chi connectivity index (χ0n) is 22.9. The van der Waals surface area contributed by atoms with Gasteiger partial charge >= 0.3 is 0 Å². The third-order valence-electron chi connectivity index (χ3n) is 8.11.